The molecule has 0 amide bonds. The Kier molecular flexibility index (Phi) is 3.88. The van der Waals surface area contributed by atoms with Crippen LogP contribution in [-0.4, -0.2) is 15.0 Å². The predicted molar refractivity (Wildman–Crippen MR) is 59.5 cm³/mol. The minimum atomic E-state index is -3.86. The summed E-state index contributed by atoms with van der Waals surface area (Å²) in [5.41, 5.74) is 5.49. The van der Waals surface area contributed by atoms with Crippen molar-refractivity contribution in [3.8, 4) is 11.8 Å². The van der Waals surface area contributed by atoms with Crippen LogP contribution in [0.25, 0.3) is 0 Å². The van der Waals surface area contributed by atoms with Gasteiger partial charge in [-0.15, -0.1) is 5.92 Å². The monoisotopic (exact) mass is 242 g/mol. The van der Waals surface area contributed by atoms with Gasteiger partial charge in [0.2, 0.25) is 10.0 Å². The van der Waals surface area contributed by atoms with Gasteiger partial charge in [-0.05, 0) is 25.1 Å². The van der Waals surface area contributed by atoms with E-state index in [1.807, 2.05) is 0 Å². The fourth-order valence-electron chi connectivity index (χ4n) is 1.03. The second-order valence-corrected chi connectivity index (χ2v) is 4.68. The van der Waals surface area contributed by atoms with E-state index in [2.05, 4.69) is 16.6 Å². The van der Waals surface area contributed by atoms with Crippen molar-refractivity contribution < 1.29 is 12.8 Å². The van der Waals surface area contributed by atoms with Crippen LogP contribution in [0.3, 0.4) is 0 Å². The first-order valence-electron chi connectivity index (χ1n) is 4.41. The molecule has 0 fully saturated rings. The van der Waals surface area contributed by atoms with E-state index in [1.54, 1.807) is 6.92 Å². The number of benzene rings is 1. The molecule has 6 heteroatoms. The molecule has 86 valence electrons. The first-order chi connectivity index (χ1) is 7.47. The van der Waals surface area contributed by atoms with Gasteiger partial charge in [-0.1, -0.05) is 5.92 Å². The number of sulfonamides is 1. The van der Waals surface area contributed by atoms with Gasteiger partial charge in [0.1, 0.15) is 10.7 Å². The molecule has 1 aromatic carbocycles. The van der Waals surface area contributed by atoms with E-state index in [9.17, 15) is 12.8 Å². The number of anilines is 1. The zero-order valence-electron chi connectivity index (χ0n) is 8.62. The summed E-state index contributed by atoms with van der Waals surface area (Å²) in [6.07, 6.45) is 0. The molecule has 0 aliphatic carbocycles. The zero-order valence-corrected chi connectivity index (χ0v) is 9.44. The number of hydrogen-bond donors (Lipinski definition) is 2. The number of nitrogens with two attached hydrogens (primary N) is 1. The highest BCUT2D eigenvalue weighted by Gasteiger charge is 2.17. The third-order valence-corrected chi connectivity index (χ3v) is 3.21. The van der Waals surface area contributed by atoms with E-state index < -0.39 is 20.7 Å². The van der Waals surface area contributed by atoms with Crippen molar-refractivity contribution in [2.24, 2.45) is 0 Å². The molecule has 0 radical (unpaired) electrons. The Morgan fingerprint density at radius 1 is 1.50 bits per heavy atom. The average molecular weight is 242 g/mol. The predicted octanol–water partition coefficient (Wildman–Crippen LogP) is 0.709. The number of halogens is 1. The smallest absolute Gasteiger partial charge is 0.244 e. The molecule has 16 heavy (non-hydrogen) atoms. The van der Waals surface area contributed by atoms with Gasteiger partial charge in [0.25, 0.3) is 0 Å². The lowest BCUT2D eigenvalue weighted by molar-refractivity contribution is 0.560. The van der Waals surface area contributed by atoms with Crippen LogP contribution in [0.1, 0.15) is 6.92 Å². The minimum Gasteiger partial charge on any atom is -0.399 e. The molecule has 3 N–H and O–H groups in total. The number of hydrogen-bond acceptors (Lipinski definition) is 3. The maximum atomic E-state index is 13.3. The third-order valence-electron chi connectivity index (χ3n) is 1.77. The van der Waals surface area contributed by atoms with E-state index in [4.69, 9.17) is 5.73 Å². The largest absolute Gasteiger partial charge is 0.399 e. The Hall–Kier alpha value is -1.58. The van der Waals surface area contributed by atoms with Crippen molar-refractivity contribution in [2.75, 3.05) is 12.3 Å². The van der Waals surface area contributed by atoms with Crippen molar-refractivity contribution in [1.82, 2.24) is 4.72 Å². The molecular weight excluding hydrogens is 231 g/mol. The van der Waals surface area contributed by atoms with Crippen molar-refractivity contribution in [3.05, 3.63) is 24.0 Å². The Labute approximate surface area is 93.7 Å². The van der Waals surface area contributed by atoms with Crippen molar-refractivity contribution in [2.45, 2.75) is 11.8 Å². The molecule has 0 atom stereocenters. The van der Waals surface area contributed by atoms with E-state index in [0.717, 1.165) is 12.1 Å². The molecule has 0 aliphatic heterocycles. The van der Waals surface area contributed by atoms with Crippen LogP contribution >= 0.6 is 0 Å². The molecular formula is C10H11FN2O2S. The van der Waals surface area contributed by atoms with Crippen LogP contribution in [0.2, 0.25) is 0 Å². The van der Waals surface area contributed by atoms with Crippen LogP contribution in [-0.2, 0) is 10.0 Å². The second-order valence-electron chi connectivity index (χ2n) is 2.94. The summed E-state index contributed by atoms with van der Waals surface area (Å²) in [4.78, 5) is -0.431. The van der Waals surface area contributed by atoms with Gasteiger partial charge in [-0.2, -0.15) is 4.72 Å². The molecule has 1 aromatic rings. The van der Waals surface area contributed by atoms with Gasteiger partial charge < -0.3 is 5.73 Å². The molecule has 0 spiro atoms. The van der Waals surface area contributed by atoms with E-state index in [1.165, 1.54) is 6.07 Å². The van der Waals surface area contributed by atoms with E-state index in [-0.39, 0.29) is 12.2 Å². The second kappa shape index (κ2) is 4.96. The SMILES string of the molecule is CC#CCNS(=O)(=O)c1ccc(N)cc1F. The van der Waals surface area contributed by atoms with Crippen LogP contribution < -0.4 is 10.5 Å². The van der Waals surface area contributed by atoms with Crippen molar-refractivity contribution in [1.29, 1.82) is 0 Å². The molecule has 0 aromatic heterocycles. The summed E-state index contributed by atoms with van der Waals surface area (Å²) in [5.74, 6) is 4.16. The lowest BCUT2D eigenvalue weighted by atomic mass is 10.3. The van der Waals surface area contributed by atoms with Gasteiger partial charge >= 0.3 is 0 Å². The molecule has 0 saturated heterocycles. The zero-order chi connectivity index (χ0) is 12.2. The molecule has 0 aliphatic rings. The van der Waals surface area contributed by atoms with Gasteiger partial charge in [-0.25, -0.2) is 12.8 Å². The van der Waals surface area contributed by atoms with Crippen LogP contribution in [0.4, 0.5) is 10.1 Å². The van der Waals surface area contributed by atoms with Crippen LogP contribution in [0, 0.1) is 17.7 Å². The fourth-order valence-corrected chi connectivity index (χ4v) is 2.01. The average Bonchev–Trinajstić information content (AvgIpc) is 2.17. The highest BCUT2D eigenvalue weighted by Crippen LogP contribution is 2.16. The lowest BCUT2D eigenvalue weighted by Gasteiger charge is -2.05. The van der Waals surface area contributed by atoms with Gasteiger partial charge in [0.05, 0.1) is 6.54 Å². The summed E-state index contributed by atoms with van der Waals surface area (Å²) in [7, 11) is -3.86. The van der Waals surface area contributed by atoms with Crippen LogP contribution in [0.15, 0.2) is 23.1 Å². The third kappa shape index (κ3) is 2.95. The Morgan fingerprint density at radius 2 is 2.19 bits per heavy atom. The fraction of sp³-hybridized carbons (Fsp3) is 0.200. The molecule has 0 saturated carbocycles. The molecule has 1 rings (SSSR count). The van der Waals surface area contributed by atoms with Gasteiger partial charge in [0.15, 0.2) is 0 Å². The summed E-state index contributed by atoms with van der Waals surface area (Å²) in [6, 6.07) is 3.40. The van der Waals surface area contributed by atoms with Gasteiger partial charge in [0, 0.05) is 5.69 Å². The summed E-state index contributed by atoms with van der Waals surface area (Å²) < 4.78 is 38.6. The topological polar surface area (TPSA) is 72.2 Å². The molecule has 0 bridgehead atoms. The first-order valence-corrected chi connectivity index (χ1v) is 5.90. The van der Waals surface area contributed by atoms with Crippen molar-refractivity contribution in [3.63, 3.8) is 0 Å². The van der Waals surface area contributed by atoms with E-state index >= 15 is 0 Å². The quantitative estimate of drug-likeness (QED) is 0.605. The highest BCUT2D eigenvalue weighted by atomic mass is 32.2. The molecule has 0 heterocycles. The highest BCUT2D eigenvalue weighted by molar-refractivity contribution is 7.89. The summed E-state index contributed by atoms with van der Waals surface area (Å²) in [6.45, 7) is 1.53. The number of rotatable bonds is 3. The van der Waals surface area contributed by atoms with Crippen molar-refractivity contribution >= 4 is 15.7 Å². The maximum Gasteiger partial charge on any atom is 0.244 e. The number of nitrogen functional groups attached to an aromatic ring is 1. The molecule has 0 unspecified atom stereocenters. The Bertz CT molecular complexity index is 544. The number of nitrogens with one attached hydrogen (secondary N) is 1. The Balaban J connectivity index is 3.01. The molecule has 4 nitrogen and oxygen atoms in total. The van der Waals surface area contributed by atoms with Crippen LogP contribution in [0.5, 0.6) is 0 Å². The normalized spacial score (nSPS) is 10.6. The van der Waals surface area contributed by atoms with E-state index in [0.29, 0.717) is 0 Å². The minimum absolute atomic E-state index is 0.0529. The standard InChI is InChI=1S/C10H11FN2O2S/c1-2-3-6-13-16(14,15)10-5-4-8(12)7-9(10)11/h4-5,7,13H,6,12H2,1H3. The Morgan fingerprint density at radius 3 is 2.75 bits per heavy atom. The lowest BCUT2D eigenvalue weighted by Crippen LogP contribution is -2.25. The van der Waals surface area contributed by atoms with Gasteiger partial charge in [-0.3, -0.25) is 0 Å². The summed E-state index contributed by atoms with van der Waals surface area (Å²) in [5, 5.41) is 0. The summed E-state index contributed by atoms with van der Waals surface area (Å²) >= 11 is 0. The first kappa shape index (κ1) is 12.5. The maximum absolute atomic E-state index is 13.3.